The minimum Gasteiger partial charge on any atom is -0.474 e. The third-order valence-electron chi connectivity index (χ3n) is 5.39. The van der Waals surface area contributed by atoms with Gasteiger partial charge in [0.2, 0.25) is 11.8 Å². The van der Waals surface area contributed by atoms with Crippen molar-refractivity contribution in [2.45, 2.75) is 70.2 Å². The molecule has 2 aliphatic rings. The quantitative estimate of drug-likeness (QED) is 0.836. The third kappa shape index (κ3) is 4.89. The van der Waals surface area contributed by atoms with Crippen molar-refractivity contribution >= 4 is 5.91 Å². The van der Waals surface area contributed by atoms with Gasteiger partial charge in [0, 0.05) is 24.2 Å². The molecule has 2 aliphatic carbocycles. The zero-order chi connectivity index (χ0) is 18.6. The molecule has 144 valence electrons. The van der Waals surface area contributed by atoms with E-state index in [1.165, 1.54) is 0 Å². The average molecular weight is 370 g/mol. The van der Waals surface area contributed by atoms with Crippen molar-refractivity contribution in [1.29, 1.82) is 0 Å². The first kappa shape index (κ1) is 19.0. The van der Waals surface area contributed by atoms with Gasteiger partial charge in [-0.3, -0.25) is 4.79 Å². The van der Waals surface area contributed by atoms with E-state index >= 15 is 0 Å². The van der Waals surface area contributed by atoms with Crippen molar-refractivity contribution in [1.82, 2.24) is 10.3 Å². The van der Waals surface area contributed by atoms with Gasteiger partial charge in [0.1, 0.15) is 6.10 Å². The van der Waals surface area contributed by atoms with Crippen LogP contribution in [0.2, 0.25) is 0 Å². The van der Waals surface area contributed by atoms with Crippen LogP contribution in [0.1, 0.15) is 56.9 Å². The fourth-order valence-corrected chi connectivity index (χ4v) is 3.88. The third-order valence-corrected chi connectivity index (χ3v) is 5.39. The van der Waals surface area contributed by atoms with Crippen LogP contribution in [0.25, 0.3) is 0 Å². The second kappa shape index (κ2) is 8.27. The first-order valence-electron chi connectivity index (χ1n) is 9.38. The second-order valence-corrected chi connectivity index (χ2v) is 7.31. The normalized spacial score (nSPS) is 24.4. The largest absolute Gasteiger partial charge is 0.474 e. The molecule has 1 heterocycles. The number of carbonyl (C=O) groups excluding carboxylic acids is 1. The summed E-state index contributed by atoms with van der Waals surface area (Å²) in [4.78, 5) is 16.6. The molecule has 0 radical (unpaired) electrons. The van der Waals surface area contributed by atoms with Crippen LogP contribution < -0.4 is 10.1 Å². The molecule has 0 bridgehead atoms. The Bertz CT molecular complexity index is 615. The lowest BCUT2D eigenvalue weighted by Gasteiger charge is -2.29. The highest BCUT2D eigenvalue weighted by Gasteiger charge is 2.43. The molecule has 2 atom stereocenters. The van der Waals surface area contributed by atoms with Gasteiger partial charge in [0.15, 0.2) is 0 Å². The molecule has 1 amide bonds. The molecule has 2 fully saturated rings. The predicted molar refractivity (Wildman–Crippen MR) is 90.5 cm³/mol. The van der Waals surface area contributed by atoms with E-state index in [1.807, 2.05) is 6.07 Å². The first-order valence-corrected chi connectivity index (χ1v) is 9.38. The Morgan fingerprint density at radius 2 is 1.96 bits per heavy atom. The van der Waals surface area contributed by atoms with Gasteiger partial charge in [-0.1, -0.05) is 12.5 Å². The maximum absolute atomic E-state index is 12.9. The SMILES string of the molecule is O=C(NCc1cccnc1OC1CCCC1)[C@H]1CCC[C@@H](C(F)(F)F)C1. The maximum Gasteiger partial charge on any atom is 0.391 e. The van der Waals surface area contributed by atoms with Gasteiger partial charge in [-0.25, -0.2) is 4.98 Å². The monoisotopic (exact) mass is 370 g/mol. The van der Waals surface area contributed by atoms with Crippen molar-refractivity contribution in [3.8, 4) is 5.88 Å². The van der Waals surface area contributed by atoms with E-state index < -0.39 is 18.0 Å². The second-order valence-electron chi connectivity index (χ2n) is 7.31. The van der Waals surface area contributed by atoms with Gasteiger partial charge in [-0.2, -0.15) is 13.2 Å². The van der Waals surface area contributed by atoms with Gasteiger partial charge in [0.25, 0.3) is 0 Å². The average Bonchev–Trinajstić information content (AvgIpc) is 3.13. The number of nitrogens with zero attached hydrogens (tertiary/aromatic N) is 1. The number of amides is 1. The molecular weight excluding hydrogens is 345 g/mol. The number of hydrogen-bond donors (Lipinski definition) is 1. The molecule has 0 aromatic carbocycles. The summed E-state index contributed by atoms with van der Waals surface area (Å²) in [6.45, 7) is 0.224. The molecule has 1 aromatic heterocycles. The summed E-state index contributed by atoms with van der Waals surface area (Å²) < 4.78 is 44.7. The Labute approximate surface area is 151 Å². The fourth-order valence-electron chi connectivity index (χ4n) is 3.88. The van der Waals surface area contributed by atoms with E-state index in [0.29, 0.717) is 18.7 Å². The van der Waals surface area contributed by atoms with E-state index in [-0.39, 0.29) is 31.4 Å². The van der Waals surface area contributed by atoms with E-state index in [0.717, 1.165) is 31.2 Å². The number of aromatic nitrogens is 1. The standard InChI is InChI=1S/C19H25F3N2O2/c20-19(21,22)15-7-3-5-13(11-15)17(25)24-12-14-6-4-10-23-18(14)26-16-8-1-2-9-16/h4,6,10,13,15-16H,1-3,5,7-9,11-12H2,(H,24,25)/t13-,15+/m0/s1. The molecule has 7 heteroatoms. The van der Waals surface area contributed by atoms with Crippen LogP contribution in [0.15, 0.2) is 18.3 Å². The van der Waals surface area contributed by atoms with Crippen LogP contribution in [0.4, 0.5) is 13.2 Å². The highest BCUT2D eigenvalue weighted by Crippen LogP contribution is 2.40. The van der Waals surface area contributed by atoms with Crippen LogP contribution in [-0.4, -0.2) is 23.2 Å². The highest BCUT2D eigenvalue weighted by atomic mass is 19.4. The Morgan fingerprint density at radius 3 is 2.69 bits per heavy atom. The Hall–Kier alpha value is -1.79. The van der Waals surface area contributed by atoms with Crippen LogP contribution >= 0.6 is 0 Å². The van der Waals surface area contributed by atoms with Crippen molar-refractivity contribution in [2.24, 2.45) is 11.8 Å². The molecule has 2 saturated carbocycles. The van der Waals surface area contributed by atoms with Crippen molar-refractivity contribution in [3.05, 3.63) is 23.9 Å². The predicted octanol–water partition coefficient (Wildman–Crippen LogP) is 4.39. The molecule has 0 saturated heterocycles. The van der Waals surface area contributed by atoms with Gasteiger partial charge < -0.3 is 10.1 Å². The van der Waals surface area contributed by atoms with Crippen LogP contribution in [0.5, 0.6) is 5.88 Å². The molecular formula is C19H25F3N2O2. The molecule has 1 N–H and O–H groups in total. The Kier molecular flexibility index (Phi) is 6.04. The minimum absolute atomic E-state index is 0.117. The van der Waals surface area contributed by atoms with Crippen molar-refractivity contribution in [3.63, 3.8) is 0 Å². The summed E-state index contributed by atoms with van der Waals surface area (Å²) in [7, 11) is 0. The molecule has 0 aliphatic heterocycles. The topological polar surface area (TPSA) is 51.2 Å². The van der Waals surface area contributed by atoms with Crippen LogP contribution in [-0.2, 0) is 11.3 Å². The molecule has 3 rings (SSSR count). The lowest BCUT2D eigenvalue weighted by Crippen LogP contribution is -2.37. The highest BCUT2D eigenvalue weighted by molar-refractivity contribution is 5.78. The van der Waals surface area contributed by atoms with Gasteiger partial charge in [-0.05, 0) is 51.0 Å². The summed E-state index contributed by atoms with van der Waals surface area (Å²) in [5.41, 5.74) is 0.760. The molecule has 0 unspecified atom stereocenters. The Morgan fingerprint density at radius 1 is 1.19 bits per heavy atom. The van der Waals surface area contributed by atoms with Gasteiger partial charge in [0.05, 0.1) is 5.92 Å². The zero-order valence-corrected chi connectivity index (χ0v) is 14.7. The van der Waals surface area contributed by atoms with E-state index in [1.54, 1.807) is 12.3 Å². The van der Waals surface area contributed by atoms with Gasteiger partial charge in [-0.15, -0.1) is 0 Å². The number of halogens is 3. The van der Waals surface area contributed by atoms with Gasteiger partial charge >= 0.3 is 6.18 Å². The number of hydrogen-bond acceptors (Lipinski definition) is 3. The Balaban J connectivity index is 1.56. The summed E-state index contributed by atoms with van der Waals surface area (Å²) in [6, 6.07) is 3.60. The minimum atomic E-state index is -4.22. The fraction of sp³-hybridized carbons (Fsp3) is 0.684. The molecule has 1 aromatic rings. The first-order chi connectivity index (χ1) is 12.4. The maximum atomic E-state index is 12.9. The zero-order valence-electron chi connectivity index (χ0n) is 14.7. The number of alkyl halides is 3. The summed E-state index contributed by atoms with van der Waals surface area (Å²) in [5.74, 6) is -1.75. The van der Waals surface area contributed by atoms with E-state index in [4.69, 9.17) is 4.74 Å². The molecule has 4 nitrogen and oxygen atoms in total. The lowest BCUT2D eigenvalue weighted by atomic mass is 9.80. The number of nitrogens with one attached hydrogen (secondary N) is 1. The van der Waals surface area contributed by atoms with Crippen molar-refractivity contribution < 1.29 is 22.7 Å². The smallest absolute Gasteiger partial charge is 0.391 e. The molecule has 26 heavy (non-hydrogen) atoms. The lowest BCUT2D eigenvalue weighted by molar-refractivity contribution is -0.186. The van der Waals surface area contributed by atoms with E-state index in [2.05, 4.69) is 10.3 Å². The summed E-state index contributed by atoms with van der Waals surface area (Å²) >= 11 is 0. The van der Waals surface area contributed by atoms with Crippen molar-refractivity contribution in [2.75, 3.05) is 0 Å². The molecule has 0 spiro atoms. The number of carbonyl (C=O) groups is 1. The number of ether oxygens (including phenoxy) is 1. The van der Waals surface area contributed by atoms with Crippen LogP contribution in [0.3, 0.4) is 0 Å². The van der Waals surface area contributed by atoms with Crippen LogP contribution in [0, 0.1) is 11.8 Å². The van der Waals surface area contributed by atoms with E-state index in [9.17, 15) is 18.0 Å². The summed E-state index contributed by atoms with van der Waals surface area (Å²) in [6.07, 6.45) is 2.83. The summed E-state index contributed by atoms with van der Waals surface area (Å²) in [5, 5.41) is 2.78. The number of pyridine rings is 1. The number of rotatable bonds is 5.